The minimum atomic E-state index is 0.156. The molecule has 1 aliphatic rings. The summed E-state index contributed by atoms with van der Waals surface area (Å²) >= 11 is 0. The Kier molecular flexibility index (Phi) is 6.55. The first-order valence-corrected chi connectivity index (χ1v) is 10.1. The summed E-state index contributed by atoms with van der Waals surface area (Å²) in [6.45, 7) is 10.2. The molecule has 1 saturated heterocycles. The molecule has 1 aliphatic heterocycles. The number of anilines is 1. The van der Waals surface area contributed by atoms with E-state index in [0.29, 0.717) is 18.9 Å². The molecule has 150 valence electrons. The number of ether oxygens (including phenoxy) is 2. The second-order valence-corrected chi connectivity index (χ2v) is 7.59. The minimum Gasteiger partial charge on any atom is -0.489 e. The topological polar surface area (TPSA) is 51.7 Å². The van der Waals surface area contributed by atoms with E-state index < -0.39 is 0 Å². The van der Waals surface area contributed by atoms with Crippen LogP contribution in [0.1, 0.15) is 50.7 Å². The van der Waals surface area contributed by atoms with Crippen molar-refractivity contribution < 1.29 is 14.3 Å². The summed E-state index contributed by atoms with van der Waals surface area (Å²) in [5.74, 6) is 2.01. The molecule has 2 heterocycles. The third-order valence-corrected chi connectivity index (χ3v) is 5.17. The third-order valence-electron chi connectivity index (χ3n) is 5.17. The SMILES string of the molecule is CCOc1cc(N2CCC(Oc3ccc([C@H](C)CC(C)=O)cc3)C2)c(C)cn1. The number of hydrogen-bond acceptors (Lipinski definition) is 5. The van der Waals surface area contributed by atoms with Crippen molar-refractivity contribution in [3.63, 3.8) is 0 Å². The van der Waals surface area contributed by atoms with Gasteiger partial charge in [0.05, 0.1) is 13.2 Å². The molecular weight excluding hydrogens is 352 g/mol. The lowest BCUT2D eigenvalue weighted by molar-refractivity contribution is -0.117. The largest absolute Gasteiger partial charge is 0.489 e. The molecule has 0 saturated carbocycles. The highest BCUT2D eigenvalue weighted by Crippen LogP contribution is 2.29. The Balaban J connectivity index is 1.60. The van der Waals surface area contributed by atoms with Crippen molar-refractivity contribution in [1.82, 2.24) is 4.98 Å². The molecule has 1 aromatic carbocycles. The van der Waals surface area contributed by atoms with Gasteiger partial charge in [-0.05, 0) is 49.9 Å². The zero-order valence-corrected chi connectivity index (χ0v) is 17.3. The molecule has 3 rings (SSSR count). The summed E-state index contributed by atoms with van der Waals surface area (Å²) < 4.78 is 11.8. The first kappa shape index (κ1) is 20.2. The van der Waals surface area contributed by atoms with Crippen molar-refractivity contribution in [3.05, 3.63) is 47.7 Å². The molecule has 28 heavy (non-hydrogen) atoms. The van der Waals surface area contributed by atoms with E-state index in [4.69, 9.17) is 9.47 Å². The summed E-state index contributed by atoms with van der Waals surface area (Å²) in [4.78, 5) is 18.0. The molecule has 2 aromatic rings. The molecule has 0 N–H and O–H groups in total. The fourth-order valence-electron chi connectivity index (χ4n) is 3.72. The molecule has 0 spiro atoms. The number of hydrogen-bond donors (Lipinski definition) is 0. The number of aryl methyl sites for hydroxylation is 1. The number of rotatable bonds is 8. The van der Waals surface area contributed by atoms with Gasteiger partial charge in [-0.1, -0.05) is 19.1 Å². The predicted octanol–water partition coefficient (Wildman–Crippen LogP) is 4.53. The minimum absolute atomic E-state index is 0.156. The lowest BCUT2D eigenvalue weighted by atomic mass is 9.96. The Morgan fingerprint density at radius 1 is 1.32 bits per heavy atom. The van der Waals surface area contributed by atoms with Crippen LogP contribution in [-0.4, -0.2) is 36.6 Å². The maximum atomic E-state index is 11.3. The van der Waals surface area contributed by atoms with Gasteiger partial charge in [-0.2, -0.15) is 0 Å². The average Bonchev–Trinajstić information content (AvgIpc) is 3.12. The van der Waals surface area contributed by atoms with E-state index in [9.17, 15) is 4.79 Å². The van der Waals surface area contributed by atoms with Gasteiger partial charge in [-0.15, -0.1) is 0 Å². The summed E-state index contributed by atoms with van der Waals surface area (Å²) in [6.07, 6.45) is 3.58. The Hall–Kier alpha value is -2.56. The molecule has 0 aliphatic carbocycles. The second-order valence-electron chi connectivity index (χ2n) is 7.59. The number of carbonyl (C=O) groups excluding carboxylic acids is 1. The van der Waals surface area contributed by atoms with Crippen LogP contribution in [0.5, 0.6) is 11.6 Å². The van der Waals surface area contributed by atoms with Crippen LogP contribution in [0.3, 0.4) is 0 Å². The molecular formula is C23H30N2O3. The smallest absolute Gasteiger partial charge is 0.215 e. The van der Waals surface area contributed by atoms with Crippen molar-refractivity contribution in [2.45, 2.75) is 52.6 Å². The summed E-state index contributed by atoms with van der Waals surface area (Å²) in [6, 6.07) is 10.2. The highest BCUT2D eigenvalue weighted by molar-refractivity contribution is 5.76. The van der Waals surface area contributed by atoms with Crippen LogP contribution in [0.25, 0.3) is 0 Å². The number of aromatic nitrogens is 1. The van der Waals surface area contributed by atoms with Crippen LogP contribution in [0.15, 0.2) is 36.5 Å². The Morgan fingerprint density at radius 2 is 2.07 bits per heavy atom. The van der Waals surface area contributed by atoms with E-state index in [1.807, 2.05) is 31.3 Å². The van der Waals surface area contributed by atoms with E-state index >= 15 is 0 Å². The van der Waals surface area contributed by atoms with Gasteiger partial charge in [0.15, 0.2) is 0 Å². The Labute approximate surface area is 167 Å². The molecule has 1 fully saturated rings. The van der Waals surface area contributed by atoms with Crippen molar-refractivity contribution in [3.8, 4) is 11.6 Å². The van der Waals surface area contributed by atoms with Gasteiger partial charge >= 0.3 is 0 Å². The predicted molar refractivity (Wildman–Crippen MR) is 112 cm³/mol. The standard InChI is InChI=1S/C23H30N2O3/c1-5-27-23-13-22(17(3)14-24-23)25-11-10-21(15-25)28-20-8-6-19(7-9-20)16(2)12-18(4)26/h6-9,13-14,16,21H,5,10-12,15H2,1-4H3/t16-,21?/m1/s1. The number of pyridine rings is 1. The zero-order chi connectivity index (χ0) is 20.1. The van der Waals surface area contributed by atoms with Gasteiger partial charge in [0.2, 0.25) is 5.88 Å². The van der Waals surface area contributed by atoms with Crippen LogP contribution >= 0.6 is 0 Å². The van der Waals surface area contributed by atoms with Crippen molar-refractivity contribution in [1.29, 1.82) is 0 Å². The normalized spacial score (nSPS) is 17.4. The molecule has 0 amide bonds. The Bertz CT molecular complexity index is 804. The van der Waals surface area contributed by atoms with Crippen LogP contribution in [0.4, 0.5) is 5.69 Å². The van der Waals surface area contributed by atoms with Crippen LogP contribution in [-0.2, 0) is 4.79 Å². The summed E-state index contributed by atoms with van der Waals surface area (Å²) in [5, 5.41) is 0. The zero-order valence-electron chi connectivity index (χ0n) is 17.3. The quantitative estimate of drug-likeness (QED) is 0.671. The number of nitrogens with zero attached hydrogens (tertiary/aromatic N) is 2. The molecule has 1 aromatic heterocycles. The molecule has 0 radical (unpaired) electrons. The molecule has 2 atom stereocenters. The number of carbonyl (C=O) groups is 1. The highest BCUT2D eigenvalue weighted by Gasteiger charge is 2.25. The number of Topliss-reactive ketones (excluding diaryl/α,β-unsaturated/α-hetero) is 1. The van der Waals surface area contributed by atoms with Gasteiger partial charge in [0, 0.05) is 37.3 Å². The monoisotopic (exact) mass is 382 g/mol. The van der Waals surface area contributed by atoms with E-state index in [-0.39, 0.29) is 17.8 Å². The fourth-order valence-corrected chi connectivity index (χ4v) is 3.72. The fraction of sp³-hybridized carbons (Fsp3) is 0.478. The maximum Gasteiger partial charge on any atom is 0.215 e. The van der Waals surface area contributed by atoms with Crippen molar-refractivity contribution >= 4 is 11.5 Å². The third kappa shape index (κ3) is 5.03. The molecule has 5 heteroatoms. The van der Waals surface area contributed by atoms with Crippen molar-refractivity contribution in [2.75, 3.05) is 24.6 Å². The molecule has 1 unspecified atom stereocenters. The number of ketones is 1. The first-order chi connectivity index (χ1) is 13.5. The van der Waals surface area contributed by atoms with Crippen LogP contribution in [0, 0.1) is 6.92 Å². The van der Waals surface area contributed by atoms with E-state index in [1.165, 1.54) is 5.56 Å². The van der Waals surface area contributed by atoms with Gasteiger partial charge < -0.3 is 19.2 Å². The summed E-state index contributed by atoms with van der Waals surface area (Å²) in [5.41, 5.74) is 3.48. The highest BCUT2D eigenvalue weighted by atomic mass is 16.5. The maximum absolute atomic E-state index is 11.3. The van der Waals surface area contributed by atoms with Gasteiger partial charge in [-0.25, -0.2) is 4.98 Å². The van der Waals surface area contributed by atoms with Crippen LogP contribution in [0.2, 0.25) is 0 Å². The lowest BCUT2D eigenvalue weighted by Gasteiger charge is -2.21. The Morgan fingerprint density at radius 3 is 2.75 bits per heavy atom. The van der Waals surface area contributed by atoms with E-state index in [1.54, 1.807) is 6.92 Å². The first-order valence-electron chi connectivity index (χ1n) is 10.1. The van der Waals surface area contributed by atoms with Crippen LogP contribution < -0.4 is 14.4 Å². The molecule has 5 nitrogen and oxygen atoms in total. The second kappa shape index (κ2) is 9.09. The summed E-state index contributed by atoms with van der Waals surface area (Å²) in [7, 11) is 0. The van der Waals surface area contributed by atoms with Gasteiger partial charge in [-0.3, -0.25) is 0 Å². The van der Waals surface area contributed by atoms with Crippen molar-refractivity contribution in [2.24, 2.45) is 0 Å². The van der Waals surface area contributed by atoms with Gasteiger partial charge in [0.1, 0.15) is 17.6 Å². The lowest BCUT2D eigenvalue weighted by Crippen LogP contribution is -2.25. The molecule has 0 bridgehead atoms. The average molecular weight is 383 g/mol. The number of benzene rings is 1. The van der Waals surface area contributed by atoms with E-state index in [0.717, 1.165) is 36.5 Å². The van der Waals surface area contributed by atoms with E-state index in [2.05, 4.69) is 35.9 Å². The van der Waals surface area contributed by atoms with Gasteiger partial charge in [0.25, 0.3) is 0 Å².